The van der Waals surface area contributed by atoms with Crippen molar-refractivity contribution < 1.29 is 0 Å². The van der Waals surface area contributed by atoms with Crippen LogP contribution in [-0.2, 0) is 13.1 Å². The van der Waals surface area contributed by atoms with E-state index in [2.05, 4.69) is 39.7 Å². The van der Waals surface area contributed by atoms with Crippen LogP contribution in [0.4, 0.5) is 0 Å². The Hall–Kier alpha value is -1.01. The number of aromatic nitrogens is 4. The maximum absolute atomic E-state index is 4.20. The quantitative estimate of drug-likeness (QED) is 0.847. The van der Waals surface area contributed by atoms with Gasteiger partial charge in [0.1, 0.15) is 0 Å². The van der Waals surface area contributed by atoms with Gasteiger partial charge in [-0.1, -0.05) is 13.3 Å². The minimum Gasteiger partial charge on any atom is -0.311 e. The van der Waals surface area contributed by atoms with Crippen LogP contribution in [0.3, 0.4) is 0 Å². The van der Waals surface area contributed by atoms with Gasteiger partial charge < -0.3 is 5.32 Å². The Balaban J connectivity index is 1.58. The summed E-state index contributed by atoms with van der Waals surface area (Å²) in [5.41, 5.74) is 0. The Labute approximate surface area is 120 Å². The zero-order valence-electron chi connectivity index (χ0n) is 12.6. The number of aryl methyl sites for hydroxylation is 1. The molecule has 3 heterocycles. The van der Waals surface area contributed by atoms with E-state index < -0.39 is 0 Å². The standard InChI is InChI=1S/C14H26N6/c1-3-4-7-20-14(16-17-18-20)10-19(2)13-8-11-5-6-12(9-13)15-11/h11-13,15H,3-10H2,1-2H3. The van der Waals surface area contributed by atoms with E-state index >= 15 is 0 Å². The van der Waals surface area contributed by atoms with Gasteiger partial charge in [0.05, 0.1) is 6.54 Å². The lowest BCUT2D eigenvalue weighted by Gasteiger charge is -2.35. The third-order valence-corrected chi connectivity index (χ3v) is 4.79. The van der Waals surface area contributed by atoms with Gasteiger partial charge in [-0.25, -0.2) is 4.68 Å². The summed E-state index contributed by atoms with van der Waals surface area (Å²) >= 11 is 0. The molecule has 0 spiro atoms. The Bertz CT molecular complexity index is 419. The number of tetrazole rings is 1. The first-order valence-corrected chi connectivity index (χ1v) is 7.97. The maximum atomic E-state index is 4.20. The smallest absolute Gasteiger partial charge is 0.165 e. The number of hydrogen-bond acceptors (Lipinski definition) is 5. The van der Waals surface area contributed by atoms with Crippen LogP contribution in [0.25, 0.3) is 0 Å². The highest BCUT2D eigenvalue weighted by molar-refractivity contribution is 4.96. The van der Waals surface area contributed by atoms with Gasteiger partial charge in [0.15, 0.2) is 5.82 Å². The van der Waals surface area contributed by atoms with E-state index in [0.29, 0.717) is 6.04 Å². The molecule has 1 aromatic heterocycles. The first-order valence-electron chi connectivity index (χ1n) is 7.97. The fourth-order valence-electron chi connectivity index (χ4n) is 3.56. The Morgan fingerprint density at radius 1 is 1.30 bits per heavy atom. The van der Waals surface area contributed by atoms with Gasteiger partial charge in [-0.15, -0.1) is 5.10 Å². The maximum Gasteiger partial charge on any atom is 0.165 e. The molecule has 20 heavy (non-hydrogen) atoms. The van der Waals surface area contributed by atoms with E-state index in [9.17, 15) is 0 Å². The fraction of sp³-hybridized carbons (Fsp3) is 0.929. The van der Waals surface area contributed by atoms with Crippen molar-refractivity contribution in [2.75, 3.05) is 7.05 Å². The first kappa shape index (κ1) is 13.9. The average Bonchev–Trinajstić information content (AvgIpc) is 3.03. The zero-order valence-corrected chi connectivity index (χ0v) is 12.6. The van der Waals surface area contributed by atoms with Crippen molar-refractivity contribution in [2.24, 2.45) is 0 Å². The SMILES string of the molecule is CCCCn1nnnc1CN(C)C1CC2CCC(C1)N2. The molecule has 2 bridgehead atoms. The minimum atomic E-state index is 0.671. The van der Waals surface area contributed by atoms with E-state index in [0.717, 1.165) is 37.4 Å². The molecule has 2 atom stereocenters. The van der Waals surface area contributed by atoms with Gasteiger partial charge in [-0.3, -0.25) is 4.90 Å². The largest absolute Gasteiger partial charge is 0.311 e. The monoisotopic (exact) mass is 278 g/mol. The molecule has 2 fully saturated rings. The molecule has 3 rings (SSSR count). The Kier molecular flexibility index (Phi) is 4.31. The number of hydrogen-bond donors (Lipinski definition) is 1. The van der Waals surface area contributed by atoms with Crippen LogP contribution in [0.2, 0.25) is 0 Å². The molecular formula is C14H26N6. The summed E-state index contributed by atoms with van der Waals surface area (Å²) in [7, 11) is 2.22. The molecule has 112 valence electrons. The van der Waals surface area contributed by atoms with Crippen molar-refractivity contribution in [3.8, 4) is 0 Å². The van der Waals surface area contributed by atoms with Gasteiger partial charge in [0, 0.05) is 24.7 Å². The van der Waals surface area contributed by atoms with E-state index in [4.69, 9.17) is 0 Å². The highest BCUT2D eigenvalue weighted by atomic mass is 15.5. The second kappa shape index (κ2) is 6.18. The molecule has 0 saturated carbocycles. The molecule has 6 heteroatoms. The highest BCUT2D eigenvalue weighted by Gasteiger charge is 2.35. The molecule has 6 nitrogen and oxygen atoms in total. The summed E-state index contributed by atoms with van der Waals surface area (Å²) in [4.78, 5) is 2.44. The number of fused-ring (bicyclic) bond motifs is 2. The van der Waals surface area contributed by atoms with Crippen LogP contribution < -0.4 is 5.32 Å². The average molecular weight is 278 g/mol. The van der Waals surface area contributed by atoms with Gasteiger partial charge in [0.2, 0.25) is 0 Å². The fourth-order valence-corrected chi connectivity index (χ4v) is 3.56. The summed E-state index contributed by atoms with van der Waals surface area (Å²) in [6, 6.07) is 2.14. The predicted molar refractivity (Wildman–Crippen MR) is 77.2 cm³/mol. The highest BCUT2D eigenvalue weighted by Crippen LogP contribution is 2.29. The predicted octanol–water partition coefficient (Wildman–Crippen LogP) is 1.19. The number of nitrogens with one attached hydrogen (secondary N) is 1. The molecule has 0 radical (unpaired) electrons. The third kappa shape index (κ3) is 3.01. The van der Waals surface area contributed by atoms with Crippen molar-refractivity contribution in [2.45, 2.75) is 76.7 Å². The molecule has 0 aliphatic carbocycles. The van der Waals surface area contributed by atoms with Gasteiger partial charge in [-0.2, -0.15) is 0 Å². The van der Waals surface area contributed by atoms with E-state index in [1.165, 1.54) is 32.1 Å². The second-order valence-corrected chi connectivity index (χ2v) is 6.35. The molecule has 0 aromatic carbocycles. The van der Waals surface area contributed by atoms with Crippen LogP contribution in [-0.4, -0.2) is 50.3 Å². The van der Waals surface area contributed by atoms with Gasteiger partial charge >= 0.3 is 0 Å². The molecular weight excluding hydrogens is 252 g/mol. The summed E-state index contributed by atoms with van der Waals surface area (Å²) in [6.07, 6.45) is 7.55. The summed E-state index contributed by atoms with van der Waals surface area (Å²) in [5.74, 6) is 1.01. The van der Waals surface area contributed by atoms with E-state index in [-0.39, 0.29) is 0 Å². The van der Waals surface area contributed by atoms with Crippen LogP contribution in [0.15, 0.2) is 0 Å². The van der Waals surface area contributed by atoms with Crippen LogP contribution in [0.1, 0.15) is 51.3 Å². The Morgan fingerprint density at radius 2 is 2.05 bits per heavy atom. The van der Waals surface area contributed by atoms with E-state index in [1.807, 2.05) is 4.68 Å². The lowest BCUT2D eigenvalue weighted by atomic mass is 9.98. The molecule has 0 amide bonds. The summed E-state index contributed by atoms with van der Waals surface area (Å²) in [6.45, 7) is 3.99. The lowest BCUT2D eigenvalue weighted by Crippen LogP contribution is -2.46. The normalized spacial score (nSPS) is 29.2. The van der Waals surface area contributed by atoms with Gasteiger partial charge in [0.25, 0.3) is 0 Å². The molecule has 2 saturated heterocycles. The van der Waals surface area contributed by atoms with Crippen LogP contribution >= 0.6 is 0 Å². The number of nitrogens with zero attached hydrogens (tertiary/aromatic N) is 5. The topological polar surface area (TPSA) is 58.9 Å². The minimum absolute atomic E-state index is 0.671. The summed E-state index contributed by atoms with van der Waals surface area (Å²) < 4.78 is 1.97. The molecule has 2 aliphatic heterocycles. The van der Waals surface area contributed by atoms with Crippen molar-refractivity contribution in [3.63, 3.8) is 0 Å². The van der Waals surface area contributed by atoms with Crippen molar-refractivity contribution in [1.82, 2.24) is 30.4 Å². The molecule has 2 unspecified atom stereocenters. The molecule has 1 N–H and O–H groups in total. The third-order valence-electron chi connectivity index (χ3n) is 4.79. The van der Waals surface area contributed by atoms with Gasteiger partial charge in [-0.05, 0) is 49.6 Å². The van der Waals surface area contributed by atoms with Crippen molar-refractivity contribution in [1.29, 1.82) is 0 Å². The molecule has 1 aromatic rings. The summed E-state index contributed by atoms with van der Waals surface area (Å²) in [5, 5.41) is 15.9. The number of piperidine rings is 1. The first-order chi connectivity index (χ1) is 9.76. The number of rotatable bonds is 6. The van der Waals surface area contributed by atoms with Crippen LogP contribution in [0, 0.1) is 0 Å². The Morgan fingerprint density at radius 3 is 2.75 bits per heavy atom. The van der Waals surface area contributed by atoms with Crippen molar-refractivity contribution >= 4 is 0 Å². The zero-order chi connectivity index (χ0) is 13.9. The second-order valence-electron chi connectivity index (χ2n) is 6.35. The van der Waals surface area contributed by atoms with Crippen molar-refractivity contribution in [3.05, 3.63) is 5.82 Å². The molecule has 2 aliphatic rings. The number of unbranched alkanes of at least 4 members (excludes halogenated alkanes) is 1. The van der Waals surface area contributed by atoms with Crippen LogP contribution in [0.5, 0.6) is 0 Å². The van der Waals surface area contributed by atoms with E-state index in [1.54, 1.807) is 0 Å². The lowest BCUT2D eigenvalue weighted by molar-refractivity contribution is 0.160.